The Kier molecular flexibility index (Phi) is 8.95. The molecule has 2 aliphatic carbocycles. The van der Waals surface area contributed by atoms with Gasteiger partial charge >= 0.3 is 124 Å². The van der Waals surface area contributed by atoms with E-state index in [0.717, 1.165) is 3.63 Å². The van der Waals surface area contributed by atoms with Gasteiger partial charge in [0.15, 0.2) is 0 Å². The van der Waals surface area contributed by atoms with Crippen LogP contribution in [0.25, 0.3) is 0 Å². The van der Waals surface area contributed by atoms with E-state index in [1.807, 2.05) is 3.28 Å². The van der Waals surface area contributed by atoms with Crippen LogP contribution in [0.5, 0.6) is 0 Å². The van der Waals surface area contributed by atoms with Gasteiger partial charge in [0, 0.05) is 0 Å². The fourth-order valence-corrected chi connectivity index (χ4v) is 7.48. The maximum Gasteiger partial charge on any atom is -1.00 e. The largest absolute Gasteiger partial charge is 1.00 e. The molecule has 0 spiro atoms. The number of allylic oxidation sites excluding steroid dienone is 8. The van der Waals surface area contributed by atoms with Crippen LogP contribution in [-0.2, 0) is 23.2 Å². The topological polar surface area (TPSA) is 0 Å². The molecule has 0 fully saturated rings. The molecular weight excluding hydrogens is 366 g/mol. The quantitative estimate of drug-likeness (QED) is 0.611. The second kappa shape index (κ2) is 8.77. The predicted molar refractivity (Wildman–Crippen MR) is 76.2 cm³/mol. The minimum Gasteiger partial charge on any atom is -1.00 e. The normalized spacial score (nSPS) is 18.4. The van der Waals surface area contributed by atoms with Gasteiger partial charge in [0.25, 0.3) is 0 Å². The van der Waals surface area contributed by atoms with Crippen LogP contribution in [0.4, 0.5) is 0 Å². The molecule has 20 heavy (non-hydrogen) atoms. The van der Waals surface area contributed by atoms with Gasteiger partial charge in [-0.1, -0.05) is 0 Å². The average Bonchev–Trinajstić information content (AvgIpc) is 2.86. The summed E-state index contributed by atoms with van der Waals surface area (Å²) < 4.78 is 2.70. The van der Waals surface area contributed by atoms with Crippen molar-refractivity contribution in [1.29, 1.82) is 0 Å². The van der Waals surface area contributed by atoms with Gasteiger partial charge < -0.3 is 24.8 Å². The van der Waals surface area contributed by atoms with Crippen molar-refractivity contribution in [3.8, 4) is 0 Å². The Labute approximate surface area is 148 Å². The molecule has 0 aromatic heterocycles. The van der Waals surface area contributed by atoms with Gasteiger partial charge in [-0.2, -0.15) is 0 Å². The average molecular weight is 391 g/mol. The van der Waals surface area contributed by atoms with Crippen molar-refractivity contribution in [1.82, 2.24) is 0 Å². The Hall–Kier alpha value is 0.423. The van der Waals surface area contributed by atoms with Gasteiger partial charge in [0.05, 0.1) is 0 Å². The first-order valence-electron chi connectivity index (χ1n) is 7.06. The van der Waals surface area contributed by atoms with E-state index in [9.17, 15) is 0 Å². The van der Waals surface area contributed by atoms with Crippen LogP contribution < -0.4 is 24.8 Å². The first-order valence-corrected chi connectivity index (χ1v) is 9.71. The second-order valence-corrected chi connectivity index (χ2v) is 9.17. The van der Waals surface area contributed by atoms with Crippen molar-refractivity contribution in [3.05, 3.63) is 43.3 Å². The summed E-state index contributed by atoms with van der Waals surface area (Å²) in [5.41, 5.74) is 8.18. The Morgan fingerprint density at radius 2 is 1.60 bits per heavy atom. The second-order valence-electron chi connectivity index (χ2n) is 5.55. The first kappa shape index (κ1) is 20.4. The summed E-state index contributed by atoms with van der Waals surface area (Å²) in [5.74, 6) is 0. The summed E-state index contributed by atoms with van der Waals surface area (Å²) in [6.45, 7) is 11.6. The minimum absolute atomic E-state index is 0. The monoisotopic (exact) mass is 388 g/mol. The minimum atomic E-state index is -0.475. The predicted octanol–water partition coefficient (Wildman–Crippen LogP) is -0.434. The van der Waals surface area contributed by atoms with Gasteiger partial charge in [0.1, 0.15) is 0 Å². The molecule has 2 aliphatic rings. The number of hydrogen-bond acceptors (Lipinski definition) is 0. The Morgan fingerprint density at radius 3 is 2.10 bits per heavy atom. The van der Waals surface area contributed by atoms with Gasteiger partial charge in [0.2, 0.25) is 0 Å². The first-order chi connectivity index (χ1) is 8.56. The van der Waals surface area contributed by atoms with E-state index in [-0.39, 0.29) is 24.8 Å². The van der Waals surface area contributed by atoms with Gasteiger partial charge in [-0.15, -0.1) is 0 Å². The zero-order chi connectivity index (χ0) is 13.3. The number of rotatable bonds is 4. The molecule has 0 N–H and O–H groups in total. The zero-order valence-electron chi connectivity index (χ0n) is 13.1. The van der Waals surface area contributed by atoms with E-state index in [1.54, 1.807) is 27.9 Å². The van der Waals surface area contributed by atoms with Crippen LogP contribution in [0.15, 0.2) is 43.3 Å². The molecule has 0 aromatic carbocycles. The maximum absolute atomic E-state index is 2.40. The van der Waals surface area contributed by atoms with Crippen molar-refractivity contribution in [3.63, 3.8) is 0 Å². The summed E-state index contributed by atoms with van der Waals surface area (Å²) in [6, 6.07) is 0. The van der Waals surface area contributed by atoms with E-state index in [0.29, 0.717) is 0 Å². The van der Waals surface area contributed by atoms with Crippen LogP contribution in [0.2, 0.25) is 3.63 Å². The summed E-state index contributed by atoms with van der Waals surface area (Å²) in [4.78, 5) is 0. The molecule has 0 saturated heterocycles. The summed E-state index contributed by atoms with van der Waals surface area (Å²) >= 11 is -0.475. The van der Waals surface area contributed by atoms with E-state index >= 15 is 0 Å². The fraction of sp³-hybridized carbons (Fsp3) is 0.529. The van der Waals surface area contributed by atoms with E-state index in [1.165, 1.54) is 19.3 Å². The molecule has 0 unspecified atom stereocenters. The SMILES string of the molecule is CCCC1=[C]([Zr+2][CH]2C(C)=C(C)C(C)=C2C)CC=C1.[Cl-].[Cl-]. The zero-order valence-corrected chi connectivity index (χ0v) is 17.1. The van der Waals surface area contributed by atoms with E-state index in [4.69, 9.17) is 0 Å². The molecular formula is C17H24Cl2Zr. The van der Waals surface area contributed by atoms with Crippen molar-refractivity contribution in [2.24, 2.45) is 0 Å². The van der Waals surface area contributed by atoms with Crippen molar-refractivity contribution in [2.75, 3.05) is 0 Å². The van der Waals surface area contributed by atoms with Crippen LogP contribution in [-0.4, -0.2) is 0 Å². The van der Waals surface area contributed by atoms with Crippen molar-refractivity contribution < 1.29 is 48.0 Å². The smallest absolute Gasteiger partial charge is 1.00 e. The van der Waals surface area contributed by atoms with Crippen molar-refractivity contribution in [2.45, 2.75) is 57.5 Å². The van der Waals surface area contributed by atoms with Crippen LogP contribution >= 0.6 is 0 Å². The molecule has 0 heterocycles. The summed E-state index contributed by atoms with van der Waals surface area (Å²) in [6.07, 6.45) is 8.62. The molecule has 3 heteroatoms. The molecule has 0 atom stereocenters. The molecule has 2 rings (SSSR count). The Balaban J connectivity index is 0.00000180. The van der Waals surface area contributed by atoms with Gasteiger partial charge in [-0.25, -0.2) is 0 Å². The van der Waals surface area contributed by atoms with Crippen LogP contribution in [0.3, 0.4) is 0 Å². The molecule has 0 saturated carbocycles. The maximum atomic E-state index is 2.40. The molecule has 0 nitrogen and oxygen atoms in total. The van der Waals surface area contributed by atoms with E-state index < -0.39 is 23.2 Å². The fourth-order valence-electron chi connectivity index (χ4n) is 2.95. The standard InChI is InChI=1S/C9H13.C8H11.2ClH.Zr/c1-6-5-7(2)9(4)8(6)3;1-2-5-8-6-3-4-7-8;;;/h5H,1-4H3;3,6H,2,4-5H2,1H3;2*1H;/q;;;;+2/p-2. The Morgan fingerprint density at radius 1 is 1.05 bits per heavy atom. The molecule has 0 amide bonds. The third-order valence-electron chi connectivity index (χ3n) is 4.48. The third-order valence-corrected chi connectivity index (χ3v) is 9.46. The van der Waals surface area contributed by atoms with Crippen molar-refractivity contribution >= 4 is 0 Å². The summed E-state index contributed by atoms with van der Waals surface area (Å²) in [7, 11) is 0. The van der Waals surface area contributed by atoms with Crippen LogP contribution in [0, 0.1) is 0 Å². The van der Waals surface area contributed by atoms with Gasteiger partial charge in [-0.05, 0) is 0 Å². The molecule has 110 valence electrons. The molecule has 0 bridgehead atoms. The Bertz CT molecular complexity index is 457. The van der Waals surface area contributed by atoms with E-state index in [2.05, 4.69) is 46.8 Å². The molecule has 0 aromatic rings. The van der Waals surface area contributed by atoms with Gasteiger partial charge in [-0.3, -0.25) is 0 Å². The number of hydrogen-bond donors (Lipinski definition) is 0. The third kappa shape index (κ3) is 3.99. The molecule has 0 radical (unpaired) electrons. The summed E-state index contributed by atoms with van der Waals surface area (Å²) in [5, 5.41) is 0. The molecule has 0 aliphatic heterocycles. The number of halogens is 2. The van der Waals surface area contributed by atoms with Crippen LogP contribution in [0.1, 0.15) is 53.9 Å².